The number of nitrogens with one attached hydrogen (secondary N) is 3. The second-order valence-corrected chi connectivity index (χ2v) is 6.17. The second-order valence-electron chi connectivity index (χ2n) is 5.17. The summed E-state index contributed by atoms with van der Waals surface area (Å²) >= 11 is 0.899. The first-order valence-corrected chi connectivity index (χ1v) is 8.81. The van der Waals surface area contributed by atoms with Gasteiger partial charge < -0.3 is 15.7 Å². The number of rotatable bonds is 7. The number of aromatic carboxylic acids is 1. The number of hydrogen-bond acceptors (Lipinski definition) is 6. The van der Waals surface area contributed by atoms with Gasteiger partial charge in [0.05, 0.1) is 0 Å². The van der Waals surface area contributed by atoms with Crippen LogP contribution in [0.4, 0.5) is 10.6 Å². The van der Waals surface area contributed by atoms with Gasteiger partial charge in [0.25, 0.3) is 5.91 Å². The van der Waals surface area contributed by atoms with Crippen LogP contribution in [0, 0.1) is 0 Å². The Morgan fingerprint density at radius 3 is 2.54 bits per heavy atom. The van der Waals surface area contributed by atoms with Gasteiger partial charge in [-0.2, -0.15) is 0 Å². The Bertz CT molecular complexity index is 803. The highest BCUT2D eigenvalue weighted by atomic mass is 32.1. The monoisotopic (exact) mass is 377 g/mol. The topological polar surface area (TPSA) is 133 Å². The van der Waals surface area contributed by atoms with Crippen molar-refractivity contribution in [2.24, 2.45) is 0 Å². The van der Waals surface area contributed by atoms with E-state index in [0.29, 0.717) is 29.5 Å². The van der Waals surface area contributed by atoms with Gasteiger partial charge >= 0.3 is 12.0 Å². The van der Waals surface area contributed by atoms with Gasteiger partial charge in [-0.3, -0.25) is 10.1 Å². The minimum Gasteiger partial charge on any atom is -0.477 e. The number of pyridine rings is 1. The van der Waals surface area contributed by atoms with E-state index in [9.17, 15) is 19.5 Å². The van der Waals surface area contributed by atoms with Crippen molar-refractivity contribution in [1.29, 1.82) is 0 Å². The van der Waals surface area contributed by atoms with E-state index in [4.69, 9.17) is 0 Å². The van der Waals surface area contributed by atoms with E-state index in [0.717, 1.165) is 17.8 Å². The minimum absolute atomic E-state index is 0.115. The first-order valence-electron chi connectivity index (χ1n) is 7.99. The highest BCUT2D eigenvalue weighted by Gasteiger charge is 2.23. The predicted molar refractivity (Wildman–Crippen MR) is 97.6 cm³/mol. The zero-order chi connectivity index (χ0) is 19.1. The van der Waals surface area contributed by atoms with Crippen LogP contribution in [0.5, 0.6) is 0 Å². The quantitative estimate of drug-likeness (QED) is 0.584. The van der Waals surface area contributed by atoms with Crippen LogP contribution in [-0.4, -0.2) is 46.1 Å². The fraction of sp³-hybridized carbons (Fsp3) is 0.312. The van der Waals surface area contributed by atoms with Gasteiger partial charge in [-0.1, -0.05) is 6.92 Å². The van der Waals surface area contributed by atoms with Gasteiger partial charge in [-0.05, 0) is 25.5 Å². The van der Waals surface area contributed by atoms with Crippen molar-refractivity contribution < 1.29 is 19.5 Å². The zero-order valence-electron chi connectivity index (χ0n) is 14.3. The Balaban J connectivity index is 2.24. The molecule has 0 aliphatic rings. The average Bonchev–Trinajstić information content (AvgIpc) is 3.06. The fourth-order valence-corrected chi connectivity index (χ4v) is 2.87. The number of carbonyl (C=O) groups excluding carboxylic acids is 2. The molecule has 0 unspecified atom stereocenters. The van der Waals surface area contributed by atoms with Gasteiger partial charge in [0.15, 0.2) is 5.69 Å². The fourth-order valence-electron chi connectivity index (χ4n) is 1.98. The first kappa shape index (κ1) is 19.3. The number of anilines is 1. The summed E-state index contributed by atoms with van der Waals surface area (Å²) in [7, 11) is 0. The van der Waals surface area contributed by atoms with Crippen LogP contribution in [-0.2, 0) is 0 Å². The molecule has 9 nitrogen and oxygen atoms in total. The maximum Gasteiger partial charge on any atom is 0.348 e. The van der Waals surface area contributed by atoms with Crippen molar-refractivity contribution >= 4 is 35.1 Å². The van der Waals surface area contributed by atoms with Crippen molar-refractivity contribution in [2.75, 3.05) is 18.4 Å². The largest absolute Gasteiger partial charge is 0.477 e. The van der Waals surface area contributed by atoms with Crippen LogP contribution in [0.25, 0.3) is 10.6 Å². The van der Waals surface area contributed by atoms with Gasteiger partial charge in [-0.25, -0.2) is 19.6 Å². The lowest BCUT2D eigenvalue weighted by Gasteiger charge is -2.05. The Morgan fingerprint density at radius 2 is 1.96 bits per heavy atom. The lowest BCUT2D eigenvalue weighted by Crippen LogP contribution is -2.28. The zero-order valence-corrected chi connectivity index (χ0v) is 15.1. The summed E-state index contributed by atoms with van der Waals surface area (Å²) in [6.07, 6.45) is 2.19. The molecule has 0 aliphatic carbocycles. The second kappa shape index (κ2) is 8.90. The van der Waals surface area contributed by atoms with Crippen LogP contribution in [0.1, 0.15) is 40.4 Å². The van der Waals surface area contributed by atoms with E-state index in [1.165, 1.54) is 6.20 Å². The molecule has 0 atom stereocenters. The molecule has 3 amide bonds. The maximum absolute atomic E-state index is 12.1. The van der Waals surface area contributed by atoms with Crippen molar-refractivity contribution in [2.45, 2.75) is 20.3 Å². The van der Waals surface area contributed by atoms with Crippen molar-refractivity contribution in [3.63, 3.8) is 0 Å². The van der Waals surface area contributed by atoms with Crippen LogP contribution < -0.4 is 16.0 Å². The number of nitrogens with zero attached hydrogens (tertiary/aromatic N) is 2. The summed E-state index contributed by atoms with van der Waals surface area (Å²) in [6, 6.07) is 2.85. The molecule has 26 heavy (non-hydrogen) atoms. The number of thiazole rings is 1. The van der Waals surface area contributed by atoms with Crippen molar-refractivity contribution in [1.82, 2.24) is 20.6 Å². The predicted octanol–water partition coefficient (Wildman–Crippen LogP) is 2.18. The van der Waals surface area contributed by atoms with Gasteiger partial charge in [0.1, 0.15) is 15.7 Å². The van der Waals surface area contributed by atoms with Crippen molar-refractivity contribution in [3.05, 3.63) is 28.9 Å². The first-order chi connectivity index (χ1) is 12.5. The van der Waals surface area contributed by atoms with E-state index < -0.39 is 11.9 Å². The molecule has 4 N–H and O–H groups in total. The summed E-state index contributed by atoms with van der Waals surface area (Å²) in [6.45, 7) is 4.62. The molecule has 0 aliphatic heterocycles. The number of urea groups is 1. The maximum atomic E-state index is 12.1. The average molecular weight is 377 g/mol. The molecular formula is C16H19N5O4S. The molecule has 2 rings (SSSR count). The molecule has 0 saturated heterocycles. The lowest BCUT2D eigenvalue weighted by molar-refractivity contribution is 0.0696. The van der Waals surface area contributed by atoms with Crippen LogP contribution in [0.15, 0.2) is 18.3 Å². The smallest absolute Gasteiger partial charge is 0.348 e. The summed E-state index contributed by atoms with van der Waals surface area (Å²) in [5.74, 6) is -1.39. The number of carbonyl (C=O) groups is 3. The van der Waals surface area contributed by atoms with E-state index in [2.05, 4.69) is 25.9 Å². The third-order valence-corrected chi connectivity index (χ3v) is 4.25. The molecule has 2 heterocycles. The van der Waals surface area contributed by atoms with Crippen LogP contribution >= 0.6 is 11.3 Å². The lowest BCUT2D eigenvalue weighted by atomic mass is 10.3. The molecule has 138 valence electrons. The summed E-state index contributed by atoms with van der Waals surface area (Å²) < 4.78 is 0. The number of hydrogen-bond donors (Lipinski definition) is 4. The summed E-state index contributed by atoms with van der Waals surface area (Å²) in [5.41, 5.74) is 0.434. The molecule has 0 aromatic carbocycles. The molecule has 2 aromatic heterocycles. The number of amides is 3. The Kier molecular flexibility index (Phi) is 6.61. The number of carboxylic acid groups (broad SMARTS) is 1. The van der Waals surface area contributed by atoms with Gasteiger partial charge in [0.2, 0.25) is 0 Å². The Morgan fingerprint density at radius 1 is 1.19 bits per heavy atom. The van der Waals surface area contributed by atoms with Crippen LogP contribution in [0.3, 0.4) is 0 Å². The standard InChI is InChI=1S/C16H19N5O4S/c1-3-7-18-13(22)11-12(15(23)24)26-14(21-11)9-5-6-10(19-8-9)20-16(25)17-4-2/h5-6,8H,3-4,7H2,1-2H3,(H,18,22)(H,23,24)(H2,17,19,20,25). The SMILES string of the molecule is CCCNC(=O)c1nc(-c2ccc(NC(=O)NCC)nc2)sc1C(=O)O. The molecule has 0 bridgehead atoms. The van der Waals surface area contributed by atoms with E-state index >= 15 is 0 Å². The molecule has 2 aromatic rings. The van der Waals surface area contributed by atoms with E-state index in [-0.39, 0.29) is 16.6 Å². The molecule has 0 saturated carbocycles. The summed E-state index contributed by atoms with van der Waals surface area (Å²) in [4.78, 5) is 43.1. The highest BCUT2D eigenvalue weighted by Crippen LogP contribution is 2.28. The van der Waals surface area contributed by atoms with Gasteiger partial charge in [-0.15, -0.1) is 11.3 Å². The Hall–Kier alpha value is -3.01. The minimum atomic E-state index is -1.21. The number of aromatic nitrogens is 2. The molecule has 10 heteroatoms. The van der Waals surface area contributed by atoms with Gasteiger partial charge in [0, 0.05) is 24.8 Å². The molecular weight excluding hydrogens is 358 g/mol. The number of carboxylic acids is 1. The van der Waals surface area contributed by atoms with Crippen molar-refractivity contribution in [3.8, 4) is 10.6 Å². The highest BCUT2D eigenvalue weighted by molar-refractivity contribution is 7.17. The Labute approximate surface area is 153 Å². The molecule has 0 spiro atoms. The van der Waals surface area contributed by atoms with Crippen LogP contribution in [0.2, 0.25) is 0 Å². The molecule has 0 fully saturated rings. The van der Waals surface area contributed by atoms with E-state index in [1.54, 1.807) is 19.1 Å². The van der Waals surface area contributed by atoms with E-state index in [1.807, 2.05) is 6.92 Å². The normalized spacial score (nSPS) is 10.2. The molecule has 0 radical (unpaired) electrons. The third-order valence-electron chi connectivity index (χ3n) is 3.16. The summed E-state index contributed by atoms with van der Waals surface area (Å²) in [5, 5.41) is 17.4. The third kappa shape index (κ3) is 4.76.